The van der Waals surface area contributed by atoms with Gasteiger partial charge in [0.1, 0.15) is 11.8 Å². The van der Waals surface area contributed by atoms with Crippen molar-refractivity contribution >= 4 is 64.9 Å². The lowest BCUT2D eigenvalue weighted by atomic mass is 10.0. The first-order valence-electron chi connectivity index (χ1n) is 16.5. The van der Waals surface area contributed by atoms with Crippen molar-refractivity contribution in [3.05, 3.63) is 132 Å². The van der Waals surface area contributed by atoms with Crippen molar-refractivity contribution in [2.45, 2.75) is 22.5 Å². The summed E-state index contributed by atoms with van der Waals surface area (Å²) in [5.74, 6) is -0.318. The SMILES string of the molecule is CN([C@@H](Cc1ccc(OS(=O)(=O)c2nccc3ccccc23)cc1)C(=O)N1CCN(c2cccc(Cl)c2)CC1)S(=O)(=O)c1nccc2ccccc12. The second-order valence-electron chi connectivity index (χ2n) is 12.4. The Morgan fingerprint density at radius 2 is 1.37 bits per heavy atom. The monoisotopic (exact) mass is 755 g/mol. The summed E-state index contributed by atoms with van der Waals surface area (Å²) in [4.78, 5) is 26.5. The van der Waals surface area contributed by atoms with Crippen molar-refractivity contribution in [3.8, 4) is 5.75 Å². The van der Waals surface area contributed by atoms with Gasteiger partial charge in [-0.2, -0.15) is 12.7 Å². The van der Waals surface area contributed by atoms with Gasteiger partial charge in [0.05, 0.1) is 0 Å². The Balaban J connectivity index is 1.15. The number of benzene rings is 4. The molecule has 3 heterocycles. The molecule has 4 aromatic carbocycles. The third-order valence-electron chi connectivity index (χ3n) is 9.18. The number of amides is 1. The zero-order chi connectivity index (χ0) is 36.5. The normalized spacial score (nSPS) is 14.5. The predicted molar refractivity (Wildman–Crippen MR) is 200 cm³/mol. The van der Waals surface area contributed by atoms with Crippen LogP contribution in [0.1, 0.15) is 5.56 Å². The van der Waals surface area contributed by atoms with Crippen LogP contribution in [0.3, 0.4) is 0 Å². The van der Waals surface area contributed by atoms with Crippen LogP contribution >= 0.6 is 11.6 Å². The maximum atomic E-state index is 14.4. The molecule has 1 saturated heterocycles. The minimum atomic E-state index is -4.29. The first-order valence-corrected chi connectivity index (χ1v) is 19.7. The molecule has 11 nitrogen and oxygen atoms in total. The van der Waals surface area contributed by atoms with Gasteiger partial charge >= 0.3 is 10.1 Å². The summed E-state index contributed by atoms with van der Waals surface area (Å²) in [6.07, 6.45) is 2.86. The highest BCUT2D eigenvalue weighted by molar-refractivity contribution is 7.89. The van der Waals surface area contributed by atoms with E-state index in [4.69, 9.17) is 15.8 Å². The fourth-order valence-electron chi connectivity index (χ4n) is 6.40. The molecule has 0 saturated carbocycles. The highest BCUT2D eigenvalue weighted by atomic mass is 35.5. The molecule has 0 N–H and O–H groups in total. The fraction of sp³-hybridized carbons (Fsp3) is 0.184. The summed E-state index contributed by atoms with van der Waals surface area (Å²) in [6.45, 7) is 1.81. The first kappa shape index (κ1) is 35.3. The van der Waals surface area contributed by atoms with E-state index in [1.165, 1.54) is 31.6 Å². The standard InChI is InChI=1S/C38H34ClN5O6S2/c1-42(51(46,47)36-33-11-4-2-7-28(33)17-19-40-36)35(38(45)44-23-21-43(22-24-44)31-10-6-9-30(39)26-31)25-27-13-15-32(16-14-27)50-52(48,49)37-34-12-5-3-8-29(34)18-20-41-37/h2-20,26,35H,21-25H2,1H3/t35-/m0/s1. The van der Waals surface area contributed by atoms with E-state index in [9.17, 15) is 21.6 Å². The summed E-state index contributed by atoms with van der Waals surface area (Å²) < 4.78 is 61.6. The van der Waals surface area contributed by atoms with Gasteiger partial charge in [-0.05, 0) is 65.2 Å². The number of halogens is 1. The van der Waals surface area contributed by atoms with Crippen molar-refractivity contribution in [3.63, 3.8) is 0 Å². The molecule has 266 valence electrons. The van der Waals surface area contributed by atoms with Crippen LogP contribution in [-0.4, -0.2) is 81.2 Å². The average molecular weight is 756 g/mol. The molecule has 6 aromatic rings. The zero-order valence-corrected chi connectivity index (χ0v) is 30.4. The van der Waals surface area contributed by atoms with Crippen molar-refractivity contribution in [2.75, 3.05) is 38.1 Å². The number of hydrogen-bond donors (Lipinski definition) is 0. The van der Waals surface area contributed by atoms with Crippen LogP contribution in [0.5, 0.6) is 5.75 Å². The number of anilines is 1. The number of nitrogens with zero attached hydrogens (tertiary/aromatic N) is 5. The van der Waals surface area contributed by atoms with Gasteiger partial charge in [0.15, 0.2) is 5.03 Å². The Hall–Kier alpha value is -5.08. The number of carbonyl (C=O) groups excluding carboxylic acids is 1. The van der Waals surface area contributed by atoms with Gasteiger partial charge in [0.2, 0.25) is 10.9 Å². The van der Waals surface area contributed by atoms with Crippen molar-refractivity contribution in [1.29, 1.82) is 0 Å². The number of fused-ring (bicyclic) bond motifs is 2. The minimum absolute atomic E-state index is 0.00570. The number of pyridine rings is 2. The van der Waals surface area contributed by atoms with E-state index >= 15 is 0 Å². The zero-order valence-electron chi connectivity index (χ0n) is 28.0. The molecule has 1 aliphatic heterocycles. The molecule has 1 fully saturated rings. The van der Waals surface area contributed by atoms with Crippen molar-refractivity contribution in [2.24, 2.45) is 0 Å². The molecule has 1 atom stereocenters. The Kier molecular flexibility index (Phi) is 9.86. The molecule has 0 spiro atoms. The number of rotatable bonds is 10. The molecule has 2 aromatic heterocycles. The summed E-state index contributed by atoms with van der Waals surface area (Å²) in [6, 6.07) is 30.0. The smallest absolute Gasteiger partial charge is 0.357 e. The predicted octanol–water partition coefficient (Wildman–Crippen LogP) is 5.78. The molecular formula is C38H34ClN5O6S2. The third-order valence-corrected chi connectivity index (χ3v) is 12.5. The van der Waals surface area contributed by atoms with Crippen LogP contribution in [0.25, 0.3) is 21.5 Å². The van der Waals surface area contributed by atoms with Gasteiger partial charge in [-0.3, -0.25) is 4.79 Å². The van der Waals surface area contributed by atoms with E-state index in [0.717, 1.165) is 9.99 Å². The molecule has 0 aliphatic carbocycles. The van der Waals surface area contributed by atoms with Gasteiger partial charge in [-0.1, -0.05) is 78.3 Å². The quantitative estimate of drug-likeness (QED) is 0.160. The largest absolute Gasteiger partial charge is 0.378 e. The van der Waals surface area contributed by atoms with Gasteiger partial charge in [-0.15, -0.1) is 0 Å². The number of carbonyl (C=O) groups is 1. The highest BCUT2D eigenvalue weighted by Crippen LogP contribution is 2.28. The first-order chi connectivity index (χ1) is 25.0. The Morgan fingerprint density at radius 3 is 2.00 bits per heavy atom. The second-order valence-corrected chi connectivity index (χ2v) is 16.2. The number of likely N-dealkylation sites (N-methyl/N-ethyl adjacent to an activating group) is 1. The Morgan fingerprint density at radius 1 is 0.769 bits per heavy atom. The lowest BCUT2D eigenvalue weighted by Crippen LogP contribution is -2.56. The van der Waals surface area contributed by atoms with E-state index in [0.29, 0.717) is 58.3 Å². The summed E-state index contributed by atoms with van der Waals surface area (Å²) in [7, 11) is -7.17. The van der Waals surface area contributed by atoms with Crippen LogP contribution in [0.15, 0.2) is 132 Å². The maximum absolute atomic E-state index is 14.4. The van der Waals surface area contributed by atoms with E-state index in [1.54, 1.807) is 77.7 Å². The van der Waals surface area contributed by atoms with E-state index < -0.39 is 26.2 Å². The van der Waals surface area contributed by atoms with Crippen LogP contribution in [0, 0.1) is 0 Å². The number of sulfonamides is 1. The Labute approximate surface area is 307 Å². The lowest BCUT2D eigenvalue weighted by Gasteiger charge is -2.39. The lowest BCUT2D eigenvalue weighted by molar-refractivity contribution is -0.135. The number of aromatic nitrogens is 2. The second kappa shape index (κ2) is 14.5. The van der Waals surface area contributed by atoms with Crippen LogP contribution in [0.2, 0.25) is 5.02 Å². The molecule has 7 rings (SSSR count). The maximum Gasteiger partial charge on any atom is 0.357 e. The molecule has 1 aliphatic rings. The Bertz CT molecular complexity index is 2480. The fourth-order valence-corrected chi connectivity index (χ4v) is 9.11. The van der Waals surface area contributed by atoms with Crippen LogP contribution in [-0.2, 0) is 31.4 Å². The molecule has 0 bridgehead atoms. The van der Waals surface area contributed by atoms with Crippen LogP contribution in [0.4, 0.5) is 5.69 Å². The van der Waals surface area contributed by atoms with Gasteiger partial charge in [-0.25, -0.2) is 18.4 Å². The number of hydrogen-bond acceptors (Lipinski definition) is 9. The third kappa shape index (κ3) is 7.17. The van der Waals surface area contributed by atoms with Crippen molar-refractivity contribution in [1.82, 2.24) is 19.2 Å². The van der Waals surface area contributed by atoms with E-state index in [-0.39, 0.29) is 28.1 Å². The highest BCUT2D eigenvalue weighted by Gasteiger charge is 2.38. The number of piperazine rings is 1. The minimum Gasteiger partial charge on any atom is -0.378 e. The average Bonchev–Trinajstić information content (AvgIpc) is 3.16. The molecule has 1 amide bonds. The molecule has 0 unspecified atom stereocenters. The van der Waals surface area contributed by atoms with E-state index in [2.05, 4.69) is 14.9 Å². The van der Waals surface area contributed by atoms with Gasteiger partial charge in [0, 0.05) is 67.1 Å². The summed E-state index contributed by atoms with van der Waals surface area (Å²) in [5, 5.41) is 2.55. The van der Waals surface area contributed by atoms with Crippen molar-refractivity contribution < 1.29 is 25.8 Å². The van der Waals surface area contributed by atoms with Crippen LogP contribution < -0.4 is 9.08 Å². The molecular weight excluding hydrogens is 722 g/mol. The van der Waals surface area contributed by atoms with E-state index in [1.807, 2.05) is 24.3 Å². The molecule has 0 radical (unpaired) electrons. The molecule has 14 heteroatoms. The van der Waals surface area contributed by atoms with Gasteiger partial charge < -0.3 is 14.0 Å². The summed E-state index contributed by atoms with van der Waals surface area (Å²) >= 11 is 6.22. The summed E-state index contributed by atoms with van der Waals surface area (Å²) in [5.41, 5.74) is 1.54. The topological polar surface area (TPSA) is 130 Å². The van der Waals surface area contributed by atoms with Gasteiger partial charge in [0.25, 0.3) is 10.0 Å². The molecule has 52 heavy (non-hydrogen) atoms.